The number of nitrogens with zero attached hydrogens (tertiary/aromatic N) is 1. The fraction of sp³-hybridized carbons (Fsp3) is 0.435. The third kappa shape index (κ3) is 2.35. The molecule has 3 atom stereocenters. The van der Waals surface area contributed by atoms with Crippen LogP contribution in [0, 0.1) is 5.92 Å². The maximum atomic E-state index is 13.5. The number of carbonyl (C=O) groups is 1. The SMILES string of the molecule is COC1=CC2c3cc(OC)c(OC)cc3C3=C(C(=O)N4CCCC4C3)C2C=C1. The van der Waals surface area contributed by atoms with Gasteiger partial charge in [0, 0.05) is 30.0 Å². The normalized spacial score (nSPS) is 27.5. The highest BCUT2D eigenvalue weighted by Crippen LogP contribution is 2.53. The molecule has 0 saturated carbocycles. The monoisotopic (exact) mass is 379 g/mol. The van der Waals surface area contributed by atoms with Crippen LogP contribution in [0.4, 0.5) is 0 Å². The Morgan fingerprint density at radius 1 is 1.04 bits per heavy atom. The zero-order chi connectivity index (χ0) is 19.4. The lowest BCUT2D eigenvalue weighted by Gasteiger charge is -2.42. The number of amides is 1. The van der Waals surface area contributed by atoms with Crippen LogP contribution in [0.5, 0.6) is 11.5 Å². The van der Waals surface area contributed by atoms with Crippen molar-refractivity contribution in [2.75, 3.05) is 27.9 Å². The molecule has 0 spiro atoms. The summed E-state index contributed by atoms with van der Waals surface area (Å²) in [4.78, 5) is 15.5. The van der Waals surface area contributed by atoms with Crippen molar-refractivity contribution < 1.29 is 19.0 Å². The number of methoxy groups -OCH3 is 3. The topological polar surface area (TPSA) is 48.0 Å². The number of allylic oxidation sites excluding steroid dienone is 3. The maximum absolute atomic E-state index is 13.5. The Bertz CT molecular complexity index is 942. The molecule has 28 heavy (non-hydrogen) atoms. The lowest BCUT2D eigenvalue weighted by molar-refractivity contribution is -0.128. The summed E-state index contributed by atoms with van der Waals surface area (Å²) in [6.07, 6.45) is 9.34. The minimum Gasteiger partial charge on any atom is -0.497 e. The van der Waals surface area contributed by atoms with Crippen LogP contribution in [-0.2, 0) is 9.53 Å². The first-order valence-electron chi connectivity index (χ1n) is 9.90. The van der Waals surface area contributed by atoms with Crippen molar-refractivity contribution in [3.05, 3.63) is 52.8 Å². The Morgan fingerprint density at radius 2 is 1.82 bits per heavy atom. The highest BCUT2D eigenvalue weighted by atomic mass is 16.5. The van der Waals surface area contributed by atoms with Crippen molar-refractivity contribution in [3.63, 3.8) is 0 Å². The lowest BCUT2D eigenvalue weighted by atomic mass is 9.67. The molecule has 1 saturated heterocycles. The van der Waals surface area contributed by atoms with Crippen LogP contribution in [-0.4, -0.2) is 44.7 Å². The molecule has 1 aromatic carbocycles. The van der Waals surface area contributed by atoms with E-state index in [4.69, 9.17) is 14.2 Å². The van der Waals surface area contributed by atoms with Gasteiger partial charge in [-0.1, -0.05) is 6.08 Å². The van der Waals surface area contributed by atoms with Gasteiger partial charge in [0.1, 0.15) is 5.76 Å². The van der Waals surface area contributed by atoms with Crippen LogP contribution in [0.15, 0.2) is 41.7 Å². The van der Waals surface area contributed by atoms with Gasteiger partial charge in [0.15, 0.2) is 11.5 Å². The van der Waals surface area contributed by atoms with Crippen LogP contribution in [0.25, 0.3) is 5.57 Å². The van der Waals surface area contributed by atoms with Gasteiger partial charge >= 0.3 is 0 Å². The fourth-order valence-corrected chi connectivity index (χ4v) is 5.32. The fourth-order valence-electron chi connectivity index (χ4n) is 5.32. The second-order valence-electron chi connectivity index (χ2n) is 7.87. The minimum absolute atomic E-state index is 0.0357. The molecule has 1 amide bonds. The summed E-state index contributed by atoms with van der Waals surface area (Å²) in [6, 6.07) is 4.45. The molecule has 146 valence electrons. The molecule has 1 aromatic rings. The number of fused-ring (bicyclic) bond motifs is 6. The molecule has 2 heterocycles. The first-order chi connectivity index (χ1) is 13.7. The van der Waals surface area contributed by atoms with Gasteiger partial charge < -0.3 is 19.1 Å². The van der Waals surface area contributed by atoms with Gasteiger partial charge in [-0.05, 0) is 60.2 Å². The molecule has 0 radical (unpaired) electrons. The van der Waals surface area contributed by atoms with Gasteiger partial charge in [0.2, 0.25) is 0 Å². The lowest BCUT2D eigenvalue weighted by Crippen LogP contribution is -2.44. The van der Waals surface area contributed by atoms with Crippen molar-refractivity contribution in [3.8, 4) is 11.5 Å². The van der Waals surface area contributed by atoms with E-state index in [0.29, 0.717) is 11.8 Å². The first kappa shape index (κ1) is 17.4. The molecule has 5 nitrogen and oxygen atoms in total. The molecule has 3 unspecified atom stereocenters. The number of hydrogen-bond donors (Lipinski definition) is 0. The van der Waals surface area contributed by atoms with Gasteiger partial charge in [-0.2, -0.15) is 0 Å². The highest BCUT2D eigenvalue weighted by Gasteiger charge is 2.45. The zero-order valence-corrected chi connectivity index (χ0v) is 16.5. The van der Waals surface area contributed by atoms with Crippen molar-refractivity contribution in [1.82, 2.24) is 4.90 Å². The van der Waals surface area contributed by atoms with E-state index in [1.807, 2.05) is 6.08 Å². The van der Waals surface area contributed by atoms with Crippen LogP contribution < -0.4 is 9.47 Å². The predicted molar refractivity (Wildman–Crippen MR) is 106 cm³/mol. The molecule has 0 bridgehead atoms. The van der Waals surface area contributed by atoms with E-state index in [1.165, 1.54) is 11.1 Å². The molecule has 4 aliphatic rings. The smallest absolute Gasteiger partial charge is 0.250 e. The number of benzene rings is 1. The van der Waals surface area contributed by atoms with E-state index in [0.717, 1.165) is 48.5 Å². The largest absolute Gasteiger partial charge is 0.497 e. The minimum atomic E-state index is 0.0357. The molecular formula is C23H25NO4. The summed E-state index contributed by atoms with van der Waals surface area (Å²) in [5, 5.41) is 0. The van der Waals surface area contributed by atoms with Crippen molar-refractivity contribution >= 4 is 11.5 Å². The van der Waals surface area contributed by atoms with E-state index in [1.54, 1.807) is 21.3 Å². The maximum Gasteiger partial charge on any atom is 0.250 e. The average Bonchev–Trinajstić information content (AvgIpc) is 3.21. The molecule has 5 heteroatoms. The number of ether oxygens (including phenoxy) is 3. The van der Waals surface area contributed by atoms with Crippen LogP contribution in [0.1, 0.15) is 36.3 Å². The number of rotatable bonds is 3. The van der Waals surface area contributed by atoms with Gasteiger partial charge in [-0.3, -0.25) is 4.79 Å². The molecule has 2 aliphatic carbocycles. The Labute approximate surface area is 165 Å². The van der Waals surface area contributed by atoms with Gasteiger partial charge in [-0.25, -0.2) is 0 Å². The van der Waals surface area contributed by atoms with Crippen molar-refractivity contribution in [1.29, 1.82) is 0 Å². The Kier molecular flexibility index (Phi) is 4.00. The Morgan fingerprint density at radius 3 is 2.57 bits per heavy atom. The number of carbonyl (C=O) groups excluding carboxylic acids is 1. The highest BCUT2D eigenvalue weighted by molar-refractivity contribution is 6.06. The third-order valence-electron chi connectivity index (χ3n) is 6.64. The predicted octanol–water partition coefficient (Wildman–Crippen LogP) is 3.67. The van der Waals surface area contributed by atoms with Crippen molar-refractivity contribution in [2.24, 2.45) is 5.92 Å². The summed E-state index contributed by atoms with van der Waals surface area (Å²) in [6.45, 7) is 0.874. The molecule has 5 rings (SSSR count). The quantitative estimate of drug-likeness (QED) is 0.804. The van der Waals surface area contributed by atoms with Crippen molar-refractivity contribution in [2.45, 2.75) is 31.2 Å². The van der Waals surface area contributed by atoms with Gasteiger partial charge in [0.25, 0.3) is 5.91 Å². The summed E-state index contributed by atoms with van der Waals surface area (Å²) in [5.41, 5.74) is 4.44. The summed E-state index contributed by atoms with van der Waals surface area (Å²) in [5.74, 6) is 2.54. The number of hydrogen-bond acceptors (Lipinski definition) is 4. The summed E-state index contributed by atoms with van der Waals surface area (Å²) in [7, 11) is 5.00. The average molecular weight is 379 g/mol. The second kappa shape index (κ2) is 6.43. The molecule has 1 fully saturated rings. The summed E-state index contributed by atoms with van der Waals surface area (Å²) < 4.78 is 16.6. The Balaban J connectivity index is 1.75. The molecule has 0 N–H and O–H groups in total. The first-order valence-corrected chi connectivity index (χ1v) is 9.90. The van der Waals surface area contributed by atoms with E-state index < -0.39 is 0 Å². The molecule has 2 aliphatic heterocycles. The third-order valence-corrected chi connectivity index (χ3v) is 6.64. The van der Waals surface area contributed by atoms with Gasteiger partial charge in [0.05, 0.1) is 21.3 Å². The van der Waals surface area contributed by atoms with E-state index in [-0.39, 0.29) is 17.7 Å². The van der Waals surface area contributed by atoms with E-state index >= 15 is 0 Å². The van der Waals surface area contributed by atoms with Crippen LogP contribution >= 0.6 is 0 Å². The molecular weight excluding hydrogens is 354 g/mol. The zero-order valence-electron chi connectivity index (χ0n) is 16.5. The van der Waals surface area contributed by atoms with Crippen LogP contribution in [0.3, 0.4) is 0 Å². The second-order valence-corrected chi connectivity index (χ2v) is 7.87. The molecule has 0 aromatic heterocycles. The van der Waals surface area contributed by atoms with E-state index in [2.05, 4.69) is 29.2 Å². The van der Waals surface area contributed by atoms with E-state index in [9.17, 15) is 4.79 Å². The standard InChI is InChI=1S/C23H25NO4/c1-26-14-6-7-15-16(10-14)17-11-20(27-2)21(28-3)12-18(17)19-9-13-5-4-8-24(13)23(25)22(15)19/h6-7,10-13,15-16H,4-5,8-9H2,1-3H3. The summed E-state index contributed by atoms with van der Waals surface area (Å²) >= 11 is 0. The Hall–Kier alpha value is -2.69. The van der Waals surface area contributed by atoms with Gasteiger partial charge in [-0.15, -0.1) is 0 Å². The van der Waals surface area contributed by atoms with Crippen LogP contribution in [0.2, 0.25) is 0 Å².